The van der Waals surface area contributed by atoms with E-state index in [-0.39, 0.29) is 11.8 Å². The number of anilines is 2. The summed E-state index contributed by atoms with van der Waals surface area (Å²) >= 11 is 0. The van der Waals surface area contributed by atoms with Gasteiger partial charge in [-0.25, -0.2) is 0 Å². The number of hydrogen-bond acceptors (Lipinski definition) is 5. The van der Waals surface area contributed by atoms with Gasteiger partial charge in [-0.2, -0.15) is 0 Å². The molecule has 2 aromatic rings. The lowest BCUT2D eigenvalue weighted by molar-refractivity contribution is -0.125. The fraction of sp³-hybridized carbons (Fsp3) is 0.421. The van der Waals surface area contributed by atoms with Gasteiger partial charge in [-0.1, -0.05) is 30.3 Å². The highest BCUT2D eigenvalue weighted by atomic mass is 16.1. The van der Waals surface area contributed by atoms with E-state index >= 15 is 0 Å². The van der Waals surface area contributed by atoms with Crippen LogP contribution < -0.4 is 15.5 Å². The first-order chi connectivity index (χ1) is 12.3. The maximum atomic E-state index is 12.4. The highest BCUT2D eigenvalue weighted by Crippen LogP contribution is 2.22. The van der Waals surface area contributed by atoms with Gasteiger partial charge in [-0.15, -0.1) is 10.2 Å². The Morgan fingerprint density at radius 1 is 1.12 bits per heavy atom. The monoisotopic (exact) mass is 339 g/mol. The largest absolute Gasteiger partial charge is 0.369 e. The van der Waals surface area contributed by atoms with Crippen LogP contribution in [0.3, 0.4) is 0 Å². The first-order valence-corrected chi connectivity index (χ1v) is 8.90. The van der Waals surface area contributed by atoms with Gasteiger partial charge < -0.3 is 15.5 Å². The van der Waals surface area contributed by atoms with E-state index in [1.54, 1.807) is 0 Å². The minimum Gasteiger partial charge on any atom is -0.369 e. The number of rotatable bonds is 6. The summed E-state index contributed by atoms with van der Waals surface area (Å²) in [5, 5.41) is 14.7. The Hall–Kier alpha value is -2.63. The van der Waals surface area contributed by atoms with Gasteiger partial charge in [-0.05, 0) is 37.5 Å². The van der Waals surface area contributed by atoms with Gasteiger partial charge in [0.2, 0.25) is 5.91 Å². The molecular weight excluding hydrogens is 314 g/mol. The number of hydrogen-bond donors (Lipinski definition) is 2. The second-order valence-corrected chi connectivity index (χ2v) is 6.27. The van der Waals surface area contributed by atoms with Gasteiger partial charge in [0.1, 0.15) is 5.82 Å². The Kier molecular flexibility index (Phi) is 5.82. The third kappa shape index (κ3) is 4.68. The first-order valence-electron chi connectivity index (χ1n) is 8.90. The van der Waals surface area contributed by atoms with Crippen LogP contribution in [0.5, 0.6) is 0 Å². The summed E-state index contributed by atoms with van der Waals surface area (Å²) in [6, 6.07) is 13.9. The van der Waals surface area contributed by atoms with Gasteiger partial charge in [0.25, 0.3) is 0 Å². The maximum absolute atomic E-state index is 12.4. The molecule has 2 heterocycles. The molecule has 0 bridgehead atoms. The quantitative estimate of drug-likeness (QED) is 0.846. The zero-order valence-corrected chi connectivity index (χ0v) is 14.6. The molecule has 1 aliphatic heterocycles. The van der Waals surface area contributed by atoms with E-state index in [0.29, 0.717) is 6.54 Å². The van der Waals surface area contributed by atoms with E-state index in [4.69, 9.17) is 0 Å². The van der Waals surface area contributed by atoms with Gasteiger partial charge in [0.05, 0.1) is 0 Å². The second kappa shape index (κ2) is 8.46. The lowest BCUT2D eigenvalue weighted by atomic mass is 9.96. The molecule has 0 spiro atoms. The van der Waals surface area contributed by atoms with Crippen molar-refractivity contribution in [2.45, 2.75) is 26.3 Å². The first kappa shape index (κ1) is 17.2. The lowest BCUT2D eigenvalue weighted by Crippen LogP contribution is -2.40. The van der Waals surface area contributed by atoms with Crippen LogP contribution in [0.2, 0.25) is 0 Å². The molecule has 2 N–H and O–H groups in total. The van der Waals surface area contributed by atoms with Crippen molar-refractivity contribution in [1.29, 1.82) is 0 Å². The van der Waals surface area contributed by atoms with E-state index in [2.05, 4.69) is 25.7 Å². The third-order valence-electron chi connectivity index (χ3n) is 4.51. The molecule has 1 saturated heterocycles. The van der Waals surface area contributed by atoms with Crippen molar-refractivity contribution in [3.05, 3.63) is 48.0 Å². The number of benzene rings is 1. The van der Waals surface area contributed by atoms with Crippen molar-refractivity contribution in [1.82, 2.24) is 15.5 Å². The minimum absolute atomic E-state index is 0.0777. The standard InChI is InChI=1S/C19H25N5O/c1-2-20-17-8-9-18(23-22-17)24-12-10-16(11-13-24)19(25)21-14-15-6-4-3-5-7-15/h3-9,16H,2,10-14H2,1H3,(H,20,22)(H,21,25). The van der Waals surface area contributed by atoms with E-state index in [1.165, 1.54) is 0 Å². The van der Waals surface area contributed by atoms with Crippen LogP contribution in [0.4, 0.5) is 11.6 Å². The Morgan fingerprint density at radius 2 is 1.88 bits per heavy atom. The Balaban J connectivity index is 1.47. The molecule has 3 rings (SSSR count). The average Bonchev–Trinajstić information content (AvgIpc) is 2.68. The summed E-state index contributed by atoms with van der Waals surface area (Å²) in [6.07, 6.45) is 1.69. The Bertz CT molecular complexity index is 666. The summed E-state index contributed by atoms with van der Waals surface area (Å²) in [4.78, 5) is 14.6. The second-order valence-electron chi connectivity index (χ2n) is 6.27. The number of carbonyl (C=O) groups is 1. The molecule has 1 amide bonds. The lowest BCUT2D eigenvalue weighted by Gasteiger charge is -2.31. The highest BCUT2D eigenvalue weighted by Gasteiger charge is 2.25. The predicted molar refractivity (Wildman–Crippen MR) is 99.4 cm³/mol. The minimum atomic E-state index is 0.0777. The molecule has 1 fully saturated rings. The van der Waals surface area contributed by atoms with Crippen LogP contribution in [0, 0.1) is 5.92 Å². The van der Waals surface area contributed by atoms with Crippen molar-refractivity contribution in [2.24, 2.45) is 5.92 Å². The van der Waals surface area contributed by atoms with Crippen molar-refractivity contribution in [2.75, 3.05) is 29.9 Å². The molecule has 6 heteroatoms. The molecule has 132 valence electrons. The molecule has 0 saturated carbocycles. The average molecular weight is 339 g/mol. The molecule has 0 atom stereocenters. The third-order valence-corrected chi connectivity index (χ3v) is 4.51. The number of nitrogens with one attached hydrogen (secondary N) is 2. The number of amides is 1. The maximum Gasteiger partial charge on any atom is 0.223 e. The van der Waals surface area contributed by atoms with Crippen molar-refractivity contribution < 1.29 is 4.79 Å². The van der Waals surface area contributed by atoms with Crippen LogP contribution >= 0.6 is 0 Å². The van der Waals surface area contributed by atoms with Crippen LogP contribution in [-0.4, -0.2) is 35.7 Å². The SMILES string of the molecule is CCNc1ccc(N2CCC(C(=O)NCc3ccccc3)CC2)nn1. The van der Waals surface area contributed by atoms with Crippen molar-refractivity contribution >= 4 is 17.5 Å². The summed E-state index contributed by atoms with van der Waals surface area (Å²) in [5.74, 6) is 1.90. The molecule has 25 heavy (non-hydrogen) atoms. The van der Waals surface area contributed by atoms with Crippen LogP contribution in [0.15, 0.2) is 42.5 Å². The number of piperidine rings is 1. The summed E-state index contributed by atoms with van der Waals surface area (Å²) in [6.45, 7) is 5.12. The predicted octanol–water partition coefficient (Wildman–Crippen LogP) is 2.44. The zero-order valence-electron chi connectivity index (χ0n) is 14.6. The fourth-order valence-electron chi connectivity index (χ4n) is 3.07. The van der Waals surface area contributed by atoms with E-state index < -0.39 is 0 Å². The van der Waals surface area contributed by atoms with Crippen LogP contribution in [0.25, 0.3) is 0 Å². The Morgan fingerprint density at radius 3 is 2.52 bits per heavy atom. The molecule has 0 radical (unpaired) electrons. The number of carbonyl (C=O) groups excluding carboxylic acids is 1. The number of aromatic nitrogens is 2. The van der Waals surface area contributed by atoms with Gasteiger partial charge in [-0.3, -0.25) is 4.79 Å². The molecule has 1 aromatic carbocycles. The Labute approximate surface area is 148 Å². The molecule has 1 aliphatic rings. The molecular formula is C19H25N5O. The summed E-state index contributed by atoms with van der Waals surface area (Å²) in [7, 11) is 0. The zero-order chi connectivity index (χ0) is 17.5. The van der Waals surface area contributed by atoms with E-state index in [0.717, 1.165) is 49.7 Å². The molecule has 0 unspecified atom stereocenters. The van der Waals surface area contributed by atoms with Gasteiger partial charge in [0.15, 0.2) is 5.82 Å². The molecule has 6 nitrogen and oxygen atoms in total. The van der Waals surface area contributed by atoms with Crippen LogP contribution in [0.1, 0.15) is 25.3 Å². The smallest absolute Gasteiger partial charge is 0.223 e. The van der Waals surface area contributed by atoms with E-state index in [1.807, 2.05) is 49.4 Å². The summed E-state index contributed by atoms with van der Waals surface area (Å²) < 4.78 is 0. The van der Waals surface area contributed by atoms with Gasteiger partial charge in [0, 0.05) is 32.1 Å². The van der Waals surface area contributed by atoms with Crippen molar-refractivity contribution in [3.8, 4) is 0 Å². The van der Waals surface area contributed by atoms with Gasteiger partial charge >= 0.3 is 0 Å². The highest BCUT2D eigenvalue weighted by molar-refractivity contribution is 5.79. The van der Waals surface area contributed by atoms with Crippen LogP contribution in [-0.2, 0) is 11.3 Å². The number of nitrogens with zero attached hydrogens (tertiary/aromatic N) is 3. The normalized spacial score (nSPS) is 15.0. The van der Waals surface area contributed by atoms with Crippen molar-refractivity contribution in [3.63, 3.8) is 0 Å². The molecule has 0 aliphatic carbocycles. The van der Waals surface area contributed by atoms with E-state index in [9.17, 15) is 4.79 Å². The fourth-order valence-corrected chi connectivity index (χ4v) is 3.07. The topological polar surface area (TPSA) is 70.2 Å². The molecule has 1 aromatic heterocycles. The summed E-state index contributed by atoms with van der Waals surface area (Å²) in [5.41, 5.74) is 1.13.